The zero-order valence-corrected chi connectivity index (χ0v) is 15.8. The van der Waals surface area contributed by atoms with Crippen molar-refractivity contribution in [2.24, 2.45) is 0 Å². The second-order valence-corrected chi connectivity index (χ2v) is 7.19. The third kappa shape index (κ3) is 2.83. The third-order valence-corrected chi connectivity index (χ3v) is 5.31. The summed E-state index contributed by atoms with van der Waals surface area (Å²) in [6.07, 6.45) is 0. The van der Waals surface area contributed by atoms with E-state index in [2.05, 4.69) is 10.2 Å². The van der Waals surface area contributed by atoms with Crippen LogP contribution < -0.4 is 4.90 Å². The maximum absolute atomic E-state index is 13.4. The molecule has 5 heteroatoms. The monoisotopic (exact) mass is 383 g/mol. The summed E-state index contributed by atoms with van der Waals surface area (Å²) in [5.74, 6) is -0.435. The highest BCUT2D eigenvalue weighted by Gasteiger charge is 2.42. The lowest BCUT2D eigenvalue weighted by Crippen LogP contribution is -2.29. The number of H-pyrrole nitrogens is 1. The summed E-state index contributed by atoms with van der Waals surface area (Å²) in [5, 5.41) is 7.34. The van der Waals surface area contributed by atoms with Crippen molar-refractivity contribution in [1.82, 2.24) is 10.2 Å². The van der Waals surface area contributed by atoms with Gasteiger partial charge in [0, 0.05) is 16.8 Å². The largest absolute Gasteiger partial charge is 0.295 e. The summed E-state index contributed by atoms with van der Waals surface area (Å²) < 4.78 is 13.4. The van der Waals surface area contributed by atoms with Gasteiger partial charge in [0.25, 0.3) is 5.91 Å². The molecule has 0 radical (unpaired) electrons. The minimum Gasteiger partial charge on any atom is -0.295 e. The zero-order valence-electron chi connectivity index (χ0n) is 15.8. The van der Waals surface area contributed by atoms with Crippen LogP contribution in [0.4, 0.5) is 10.1 Å². The fraction of sp³-hybridized carbons (Fsp3) is 0.0833. The Kier molecular flexibility index (Phi) is 4.02. The molecule has 142 valence electrons. The fourth-order valence-electron chi connectivity index (χ4n) is 3.89. The number of para-hydroxylation sites is 1. The summed E-state index contributed by atoms with van der Waals surface area (Å²) in [7, 11) is 0. The van der Waals surface area contributed by atoms with Gasteiger partial charge >= 0.3 is 0 Å². The molecule has 0 saturated heterocycles. The van der Waals surface area contributed by atoms with Crippen molar-refractivity contribution in [3.05, 3.63) is 107 Å². The summed E-state index contributed by atoms with van der Waals surface area (Å²) in [4.78, 5) is 15.1. The molecular formula is C24H18FN3O. The predicted molar refractivity (Wildman–Crippen MR) is 110 cm³/mol. The first-order chi connectivity index (χ1) is 14.1. The standard InChI is InChI=1S/C24H18FN3O/c1-15-7-9-17(10-8-15)23-20-21(16-11-13-18(25)14-12-16)26-27-22(20)24(29)28(23)19-5-3-2-4-6-19/h2-14,23H,1H3,(H,26,27)/t23-/m1/s1. The topological polar surface area (TPSA) is 49.0 Å². The predicted octanol–water partition coefficient (Wildman–Crippen LogP) is 5.27. The average Bonchev–Trinajstić information content (AvgIpc) is 3.29. The van der Waals surface area contributed by atoms with Crippen molar-refractivity contribution < 1.29 is 9.18 Å². The number of fused-ring (bicyclic) bond motifs is 1. The third-order valence-electron chi connectivity index (χ3n) is 5.31. The Bertz CT molecular complexity index is 1180. The van der Waals surface area contributed by atoms with Crippen molar-refractivity contribution in [2.75, 3.05) is 4.90 Å². The molecule has 1 amide bonds. The highest BCUT2D eigenvalue weighted by Crippen LogP contribution is 2.44. The van der Waals surface area contributed by atoms with Crippen LogP contribution in [-0.4, -0.2) is 16.1 Å². The lowest BCUT2D eigenvalue weighted by atomic mass is 9.95. The molecule has 4 aromatic rings. The van der Waals surface area contributed by atoms with Crippen LogP contribution in [-0.2, 0) is 0 Å². The molecule has 29 heavy (non-hydrogen) atoms. The van der Waals surface area contributed by atoms with E-state index in [4.69, 9.17) is 0 Å². The van der Waals surface area contributed by atoms with E-state index in [0.29, 0.717) is 11.4 Å². The van der Waals surface area contributed by atoms with Crippen molar-refractivity contribution in [3.8, 4) is 11.3 Å². The number of halogens is 1. The molecule has 4 nitrogen and oxygen atoms in total. The Morgan fingerprint density at radius 1 is 0.931 bits per heavy atom. The number of nitrogens with one attached hydrogen (secondary N) is 1. The highest BCUT2D eigenvalue weighted by molar-refractivity contribution is 6.11. The normalized spacial score (nSPS) is 15.6. The smallest absolute Gasteiger partial charge is 0.277 e. The van der Waals surface area contributed by atoms with Gasteiger partial charge in [-0.1, -0.05) is 48.0 Å². The number of aromatic nitrogens is 2. The van der Waals surface area contributed by atoms with Crippen LogP contribution in [0.3, 0.4) is 0 Å². The van der Waals surface area contributed by atoms with E-state index in [-0.39, 0.29) is 17.8 Å². The lowest BCUT2D eigenvalue weighted by molar-refractivity contribution is 0.0989. The Balaban J connectivity index is 1.72. The Labute approximate surface area is 167 Å². The first-order valence-corrected chi connectivity index (χ1v) is 9.43. The minimum absolute atomic E-state index is 0.127. The molecular weight excluding hydrogens is 365 g/mol. The van der Waals surface area contributed by atoms with Gasteiger partial charge in [0.15, 0.2) is 0 Å². The average molecular weight is 383 g/mol. The van der Waals surface area contributed by atoms with Crippen molar-refractivity contribution in [2.45, 2.75) is 13.0 Å². The molecule has 0 bridgehead atoms. The van der Waals surface area contributed by atoms with Crippen LogP contribution in [0, 0.1) is 12.7 Å². The Morgan fingerprint density at radius 2 is 1.62 bits per heavy atom. The first kappa shape index (κ1) is 17.4. The van der Waals surface area contributed by atoms with Crippen LogP contribution in [0.15, 0.2) is 78.9 Å². The number of hydrogen-bond acceptors (Lipinski definition) is 2. The van der Waals surface area contributed by atoms with E-state index in [9.17, 15) is 9.18 Å². The summed E-state index contributed by atoms with van der Waals surface area (Å²) in [6, 6.07) is 23.6. The Hall–Kier alpha value is -3.73. The molecule has 0 fully saturated rings. The quantitative estimate of drug-likeness (QED) is 0.524. The van der Waals surface area contributed by atoms with E-state index in [1.807, 2.05) is 61.5 Å². The number of aryl methyl sites for hydroxylation is 1. The van der Waals surface area contributed by atoms with Gasteiger partial charge in [-0.15, -0.1) is 0 Å². The van der Waals surface area contributed by atoms with E-state index in [1.165, 1.54) is 12.1 Å². The molecule has 1 aromatic heterocycles. The number of nitrogens with zero attached hydrogens (tertiary/aromatic N) is 2. The van der Waals surface area contributed by atoms with Gasteiger partial charge in [0.2, 0.25) is 0 Å². The van der Waals surface area contributed by atoms with Crippen molar-refractivity contribution >= 4 is 11.6 Å². The van der Waals surface area contributed by atoms with E-state index >= 15 is 0 Å². The maximum atomic E-state index is 13.4. The lowest BCUT2D eigenvalue weighted by Gasteiger charge is -2.26. The minimum atomic E-state index is -0.320. The van der Waals surface area contributed by atoms with Gasteiger partial charge in [0.05, 0.1) is 11.7 Å². The van der Waals surface area contributed by atoms with Crippen LogP contribution in [0.2, 0.25) is 0 Å². The highest BCUT2D eigenvalue weighted by atomic mass is 19.1. The Morgan fingerprint density at radius 3 is 2.31 bits per heavy atom. The van der Waals surface area contributed by atoms with E-state index in [1.54, 1.807) is 17.0 Å². The van der Waals surface area contributed by atoms with Crippen molar-refractivity contribution in [1.29, 1.82) is 0 Å². The number of benzene rings is 3. The maximum Gasteiger partial charge on any atom is 0.277 e. The number of carbonyl (C=O) groups is 1. The summed E-state index contributed by atoms with van der Waals surface area (Å²) in [5.41, 5.74) is 5.68. The number of carbonyl (C=O) groups excluding carboxylic acids is 1. The summed E-state index contributed by atoms with van der Waals surface area (Å²) >= 11 is 0. The molecule has 2 heterocycles. The number of amides is 1. The van der Waals surface area contributed by atoms with Gasteiger partial charge in [-0.25, -0.2) is 4.39 Å². The van der Waals surface area contributed by atoms with Crippen molar-refractivity contribution in [3.63, 3.8) is 0 Å². The molecule has 3 aromatic carbocycles. The first-order valence-electron chi connectivity index (χ1n) is 9.43. The van der Waals surface area contributed by atoms with Gasteiger partial charge in [-0.05, 0) is 48.9 Å². The SMILES string of the molecule is Cc1ccc([C@@H]2c3c(-c4ccc(F)cc4)n[nH]c3C(=O)N2c2ccccc2)cc1. The second-order valence-electron chi connectivity index (χ2n) is 7.19. The molecule has 1 aliphatic heterocycles. The number of hydrogen-bond donors (Lipinski definition) is 1. The molecule has 1 aliphatic rings. The fourth-order valence-corrected chi connectivity index (χ4v) is 3.89. The summed E-state index contributed by atoms with van der Waals surface area (Å²) in [6.45, 7) is 2.03. The molecule has 0 spiro atoms. The van der Waals surface area contributed by atoms with Crippen LogP contribution in [0.5, 0.6) is 0 Å². The van der Waals surface area contributed by atoms with Crippen LogP contribution in [0.25, 0.3) is 11.3 Å². The van der Waals surface area contributed by atoms with E-state index in [0.717, 1.165) is 27.9 Å². The van der Waals surface area contributed by atoms with Crippen LogP contribution in [0.1, 0.15) is 33.2 Å². The van der Waals surface area contributed by atoms with Gasteiger partial charge in [-0.2, -0.15) is 5.10 Å². The van der Waals surface area contributed by atoms with Gasteiger partial charge < -0.3 is 0 Å². The molecule has 0 unspecified atom stereocenters. The molecule has 1 N–H and O–H groups in total. The number of rotatable bonds is 3. The molecule has 1 atom stereocenters. The molecule has 0 aliphatic carbocycles. The number of anilines is 1. The van der Waals surface area contributed by atoms with Gasteiger partial charge in [0.1, 0.15) is 11.5 Å². The number of aromatic amines is 1. The van der Waals surface area contributed by atoms with Crippen LogP contribution >= 0.6 is 0 Å². The zero-order chi connectivity index (χ0) is 20.0. The molecule has 5 rings (SSSR count). The van der Waals surface area contributed by atoms with Gasteiger partial charge in [-0.3, -0.25) is 14.8 Å². The molecule has 0 saturated carbocycles. The second kappa shape index (κ2) is 6.71. The van der Waals surface area contributed by atoms with E-state index < -0.39 is 0 Å².